The van der Waals surface area contributed by atoms with Gasteiger partial charge in [-0.2, -0.15) is 0 Å². The lowest BCUT2D eigenvalue weighted by Crippen LogP contribution is -2.12. The van der Waals surface area contributed by atoms with Gasteiger partial charge in [-0.3, -0.25) is 0 Å². The maximum atomic E-state index is 2.42. The Labute approximate surface area is 327 Å². The van der Waals surface area contributed by atoms with E-state index in [1.54, 1.807) is 0 Å². The number of benzene rings is 7. The molecule has 0 saturated carbocycles. The van der Waals surface area contributed by atoms with Crippen LogP contribution < -0.4 is 4.90 Å². The molecule has 0 spiro atoms. The van der Waals surface area contributed by atoms with Crippen LogP contribution in [0.15, 0.2) is 188 Å². The standard InChI is InChI=1S/C54H47N/c1-40-23-29-47(30-24-40)54(48-31-25-41(2)26-32-48)38-43-14-11-21-51(37-43)55(52-36-33-44-15-9-10-20-49(44)39-52)50-34-27-42(28-35-50)13-12-22-53(45-16-5-3-6-17-45)46-18-7-4-8-19-46/h3-8,11-14,16-19,21-39H,9-10,15,20H2,1-2H3. The van der Waals surface area contributed by atoms with E-state index < -0.39 is 0 Å². The maximum Gasteiger partial charge on any atom is 0.0467 e. The van der Waals surface area contributed by atoms with Gasteiger partial charge in [-0.1, -0.05) is 169 Å². The van der Waals surface area contributed by atoms with Crippen LogP contribution in [0.3, 0.4) is 0 Å². The number of allylic oxidation sites excluding steroid dienone is 2. The predicted octanol–water partition coefficient (Wildman–Crippen LogP) is 14.4. The molecule has 0 atom stereocenters. The summed E-state index contributed by atoms with van der Waals surface area (Å²) >= 11 is 0. The molecule has 268 valence electrons. The van der Waals surface area contributed by atoms with Crippen molar-refractivity contribution in [3.63, 3.8) is 0 Å². The van der Waals surface area contributed by atoms with E-state index in [-0.39, 0.29) is 0 Å². The summed E-state index contributed by atoms with van der Waals surface area (Å²) in [7, 11) is 0. The Morgan fingerprint density at radius 3 is 1.60 bits per heavy atom. The minimum Gasteiger partial charge on any atom is -0.310 e. The van der Waals surface area contributed by atoms with E-state index in [2.05, 4.69) is 219 Å². The Bertz CT molecular complexity index is 2360. The highest BCUT2D eigenvalue weighted by atomic mass is 15.1. The molecule has 1 aliphatic carbocycles. The first-order valence-electron chi connectivity index (χ1n) is 19.5. The third-order valence-corrected chi connectivity index (χ3v) is 10.6. The van der Waals surface area contributed by atoms with Gasteiger partial charge < -0.3 is 4.90 Å². The highest BCUT2D eigenvalue weighted by Gasteiger charge is 2.17. The molecule has 7 aromatic rings. The van der Waals surface area contributed by atoms with Crippen LogP contribution in [0.1, 0.15) is 68.5 Å². The van der Waals surface area contributed by atoms with Crippen molar-refractivity contribution in [1.29, 1.82) is 0 Å². The van der Waals surface area contributed by atoms with E-state index >= 15 is 0 Å². The summed E-state index contributed by atoms with van der Waals surface area (Å²) < 4.78 is 0. The zero-order valence-corrected chi connectivity index (χ0v) is 31.8. The molecule has 55 heavy (non-hydrogen) atoms. The summed E-state index contributed by atoms with van der Waals surface area (Å²) in [5, 5.41) is 0. The lowest BCUT2D eigenvalue weighted by atomic mass is 9.91. The number of hydrogen-bond donors (Lipinski definition) is 0. The van der Waals surface area contributed by atoms with Crippen LogP contribution in [0.4, 0.5) is 17.1 Å². The number of hydrogen-bond acceptors (Lipinski definition) is 1. The molecule has 0 unspecified atom stereocenters. The third-order valence-electron chi connectivity index (χ3n) is 10.6. The minimum atomic E-state index is 1.14. The molecular formula is C54H47N. The predicted molar refractivity (Wildman–Crippen MR) is 236 cm³/mol. The van der Waals surface area contributed by atoms with Crippen molar-refractivity contribution < 1.29 is 0 Å². The van der Waals surface area contributed by atoms with Gasteiger partial charge in [0.2, 0.25) is 0 Å². The van der Waals surface area contributed by atoms with E-state index in [0.717, 1.165) is 28.9 Å². The molecule has 7 aromatic carbocycles. The van der Waals surface area contributed by atoms with Crippen molar-refractivity contribution >= 4 is 40.4 Å². The normalized spacial score (nSPS) is 12.2. The van der Waals surface area contributed by atoms with Crippen LogP contribution in [-0.2, 0) is 12.8 Å². The molecule has 0 fully saturated rings. The van der Waals surface area contributed by atoms with E-state index in [1.807, 2.05) is 0 Å². The number of rotatable bonds is 10. The molecule has 0 bridgehead atoms. The first-order chi connectivity index (χ1) is 27.1. The minimum absolute atomic E-state index is 1.14. The van der Waals surface area contributed by atoms with Crippen molar-refractivity contribution in [1.82, 2.24) is 0 Å². The molecular weight excluding hydrogens is 663 g/mol. The molecule has 0 radical (unpaired) electrons. The summed E-state index contributed by atoms with van der Waals surface area (Å²) in [5.41, 5.74) is 18.5. The van der Waals surface area contributed by atoms with Gasteiger partial charge in [0.25, 0.3) is 0 Å². The highest BCUT2D eigenvalue weighted by molar-refractivity contribution is 5.92. The molecule has 0 heterocycles. The van der Waals surface area contributed by atoms with Gasteiger partial charge in [0.1, 0.15) is 0 Å². The topological polar surface area (TPSA) is 3.24 Å². The zero-order chi connectivity index (χ0) is 37.4. The Morgan fingerprint density at radius 2 is 0.982 bits per heavy atom. The first-order valence-corrected chi connectivity index (χ1v) is 19.5. The molecule has 0 aliphatic heterocycles. The van der Waals surface area contributed by atoms with E-state index in [4.69, 9.17) is 0 Å². The molecule has 1 nitrogen and oxygen atoms in total. The second-order valence-electron chi connectivity index (χ2n) is 14.6. The fourth-order valence-corrected chi connectivity index (χ4v) is 7.61. The second-order valence-corrected chi connectivity index (χ2v) is 14.6. The molecule has 8 rings (SSSR count). The van der Waals surface area contributed by atoms with Crippen molar-refractivity contribution in [2.45, 2.75) is 39.5 Å². The van der Waals surface area contributed by atoms with Gasteiger partial charge in [-0.15, -0.1) is 0 Å². The van der Waals surface area contributed by atoms with Gasteiger partial charge in [0.05, 0.1) is 0 Å². The molecule has 0 N–H and O–H groups in total. The van der Waals surface area contributed by atoms with E-state index in [9.17, 15) is 0 Å². The van der Waals surface area contributed by atoms with Gasteiger partial charge >= 0.3 is 0 Å². The molecule has 1 heteroatoms. The Balaban J connectivity index is 1.16. The molecule has 0 aromatic heterocycles. The maximum absolute atomic E-state index is 2.42. The quantitative estimate of drug-likeness (QED) is 0.101. The van der Waals surface area contributed by atoms with Crippen LogP contribution >= 0.6 is 0 Å². The average Bonchev–Trinajstić information content (AvgIpc) is 3.24. The van der Waals surface area contributed by atoms with Gasteiger partial charge in [-0.05, 0) is 138 Å². The summed E-state index contributed by atoms with van der Waals surface area (Å²) in [6, 6.07) is 64.0. The Hall–Kier alpha value is -6.44. The van der Waals surface area contributed by atoms with Gasteiger partial charge in [-0.25, -0.2) is 0 Å². The summed E-state index contributed by atoms with van der Waals surface area (Å²) in [6.07, 6.45) is 13.8. The highest BCUT2D eigenvalue weighted by Crippen LogP contribution is 2.38. The second kappa shape index (κ2) is 16.7. The van der Waals surface area contributed by atoms with Crippen LogP contribution in [0.25, 0.3) is 23.3 Å². The number of anilines is 3. The average molecular weight is 710 g/mol. The summed E-state index contributed by atoms with van der Waals surface area (Å²) in [6.45, 7) is 4.29. The van der Waals surface area contributed by atoms with Gasteiger partial charge in [0, 0.05) is 17.1 Å². The zero-order valence-electron chi connectivity index (χ0n) is 31.8. The SMILES string of the molecule is Cc1ccc(C(=Cc2cccc(N(c3ccc(C=CC=C(c4ccccc4)c4ccccc4)cc3)c3ccc4c(c3)CCCC4)c2)c2ccc(C)cc2)cc1. The monoisotopic (exact) mass is 709 g/mol. The van der Waals surface area contributed by atoms with E-state index in [1.165, 1.54) is 80.6 Å². The van der Waals surface area contributed by atoms with Crippen molar-refractivity contribution in [3.05, 3.63) is 244 Å². The van der Waals surface area contributed by atoms with Crippen LogP contribution in [0, 0.1) is 13.8 Å². The summed E-state index contributed by atoms with van der Waals surface area (Å²) in [4.78, 5) is 2.42. The molecule has 1 aliphatic rings. The smallest absolute Gasteiger partial charge is 0.0467 e. The van der Waals surface area contributed by atoms with Gasteiger partial charge in [0.15, 0.2) is 0 Å². The number of aryl methyl sites for hydroxylation is 4. The summed E-state index contributed by atoms with van der Waals surface area (Å²) in [5.74, 6) is 0. The Morgan fingerprint density at radius 1 is 0.436 bits per heavy atom. The van der Waals surface area contributed by atoms with Crippen LogP contribution in [0.2, 0.25) is 0 Å². The Kier molecular flexibility index (Phi) is 10.8. The number of fused-ring (bicyclic) bond motifs is 1. The fourth-order valence-electron chi connectivity index (χ4n) is 7.61. The lowest BCUT2D eigenvalue weighted by molar-refractivity contribution is 0.685. The van der Waals surface area contributed by atoms with Crippen molar-refractivity contribution in [2.75, 3.05) is 4.90 Å². The van der Waals surface area contributed by atoms with Crippen LogP contribution in [-0.4, -0.2) is 0 Å². The third kappa shape index (κ3) is 8.53. The first kappa shape index (κ1) is 35.6. The van der Waals surface area contributed by atoms with E-state index in [0.29, 0.717) is 0 Å². The van der Waals surface area contributed by atoms with Crippen molar-refractivity contribution in [2.24, 2.45) is 0 Å². The lowest BCUT2D eigenvalue weighted by Gasteiger charge is -2.28. The number of nitrogens with zero attached hydrogens (tertiary/aromatic N) is 1. The van der Waals surface area contributed by atoms with Crippen molar-refractivity contribution in [3.8, 4) is 0 Å². The van der Waals surface area contributed by atoms with Crippen LogP contribution in [0.5, 0.6) is 0 Å². The fraction of sp³-hybridized carbons (Fsp3) is 0.111. The molecule has 0 amide bonds. The molecule has 0 saturated heterocycles. The largest absolute Gasteiger partial charge is 0.310 e.